The minimum Gasteiger partial charge on any atom is -0.491 e. The zero-order chi connectivity index (χ0) is 6.81. The van der Waals surface area contributed by atoms with Crippen LogP contribution in [0.3, 0.4) is 0 Å². The van der Waals surface area contributed by atoms with E-state index in [0.717, 1.165) is 24.5 Å². The van der Waals surface area contributed by atoms with Crippen molar-refractivity contribution in [3.63, 3.8) is 0 Å². The Morgan fingerprint density at radius 2 is 2.50 bits per heavy atom. The van der Waals surface area contributed by atoms with Crippen molar-refractivity contribution in [2.45, 2.75) is 6.42 Å². The van der Waals surface area contributed by atoms with E-state index in [4.69, 9.17) is 4.74 Å². The smallest absolute Gasteiger partial charge is 0.142 e. The fourth-order valence-corrected chi connectivity index (χ4v) is 1.09. The third kappa shape index (κ3) is 0.817. The highest BCUT2D eigenvalue weighted by Gasteiger charge is 2.10. The molecule has 2 aliphatic rings. The first kappa shape index (κ1) is 5.59. The summed E-state index contributed by atoms with van der Waals surface area (Å²) >= 11 is 0. The highest BCUT2D eigenvalue weighted by Crippen LogP contribution is 2.17. The topological polar surface area (TPSA) is 21.3 Å². The second-order valence-electron chi connectivity index (χ2n) is 2.29. The van der Waals surface area contributed by atoms with Gasteiger partial charge in [0.25, 0.3) is 0 Å². The molecule has 2 heteroatoms. The minimum absolute atomic E-state index is 0.810. The molecule has 1 N–H and O–H groups in total. The molecule has 0 atom stereocenters. The number of dihydropyridines is 1. The molecular formula is C8H9NO. The van der Waals surface area contributed by atoms with Gasteiger partial charge in [-0.3, -0.25) is 0 Å². The number of rotatable bonds is 0. The molecule has 0 amide bonds. The monoisotopic (exact) mass is 135 g/mol. The van der Waals surface area contributed by atoms with E-state index in [-0.39, 0.29) is 0 Å². The Morgan fingerprint density at radius 3 is 3.40 bits per heavy atom. The number of ether oxygens (including phenoxy) is 1. The molecule has 0 saturated carbocycles. The lowest BCUT2D eigenvalue weighted by atomic mass is 10.2. The standard InChI is InChI=1S/C8H9NO/c1-4-8-7(9-5-1)3-2-6-10-8/h1,3-5,9H,2,6H2. The predicted octanol–water partition coefficient (Wildman–Crippen LogP) is 1.29. The van der Waals surface area contributed by atoms with Crippen molar-refractivity contribution < 1.29 is 4.74 Å². The molecule has 2 nitrogen and oxygen atoms in total. The Morgan fingerprint density at radius 1 is 1.50 bits per heavy atom. The van der Waals surface area contributed by atoms with Gasteiger partial charge in [0.05, 0.1) is 12.3 Å². The van der Waals surface area contributed by atoms with E-state index in [1.54, 1.807) is 0 Å². The van der Waals surface area contributed by atoms with Crippen molar-refractivity contribution in [3.05, 3.63) is 35.9 Å². The first-order valence-electron chi connectivity index (χ1n) is 3.43. The van der Waals surface area contributed by atoms with Crippen molar-refractivity contribution in [2.24, 2.45) is 0 Å². The van der Waals surface area contributed by atoms with Crippen LogP contribution in [0.5, 0.6) is 0 Å². The molecule has 0 radical (unpaired) electrons. The van der Waals surface area contributed by atoms with Gasteiger partial charge in [-0.05, 0) is 12.2 Å². The first-order chi connectivity index (χ1) is 4.97. The van der Waals surface area contributed by atoms with Gasteiger partial charge >= 0.3 is 0 Å². The second-order valence-corrected chi connectivity index (χ2v) is 2.29. The SMILES string of the molecule is C1=CNC2=CCCOC2=C1. The van der Waals surface area contributed by atoms with Gasteiger partial charge in [-0.1, -0.05) is 6.08 Å². The minimum atomic E-state index is 0.810. The Hall–Kier alpha value is -1.18. The van der Waals surface area contributed by atoms with E-state index in [1.807, 2.05) is 18.4 Å². The molecule has 0 saturated heterocycles. The van der Waals surface area contributed by atoms with Crippen LogP contribution in [0.1, 0.15) is 6.42 Å². The van der Waals surface area contributed by atoms with E-state index in [9.17, 15) is 0 Å². The summed E-state index contributed by atoms with van der Waals surface area (Å²) in [5.74, 6) is 0.966. The average molecular weight is 135 g/mol. The van der Waals surface area contributed by atoms with Gasteiger partial charge in [0.15, 0.2) is 0 Å². The predicted molar refractivity (Wildman–Crippen MR) is 39.0 cm³/mol. The molecule has 10 heavy (non-hydrogen) atoms. The van der Waals surface area contributed by atoms with Crippen molar-refractivity contribution in [3.8, 4) is 0 Å². The van der Waals surface area contributed by atoms with Crippen molar-refractivity contribution in [2.75, 3.05) is 6.61 Å². The zero-order valence-corrected chi connectivity index (χ0v) is 5.63. The van der Waals surface area contributed by atoms with Crippen LogP contribution in [0, 0.1) is 0 Å². The summed E-state index contributed by atoms with van der Waals surface area (Å²) in [6.45, 7) is 0.810. The van der Waals surface area contributed by atoms with Crippen LogP contribution in [0.2, 0.25) is 0 Å². The molecule has 0 bridgehead atoms. The van der Waals surface area contributed by atoms with Gasteiger partial charge in [0.1, 0.15) is 5.76 Å². The van der Waals surface area contributed by atoms with Gasteiger partial charge in [-0.15, -0.1) is 0 Å². The van der Waals surface area contributed by atoms with Crippen LogP contribution in [0.4, 0.5) is 0 Å². The summed E-state index contributed by atoms with van der Waals surface area (Å²) < 4.78 is 5.36. The average Bonchev–Trinajstić information content (AvgIpc) is 2.05. The molecule has 2 aliphatic heterocycles. The van der Waals surface area contributed by atoms with Gasteiger partial charge in [0.2, 0.25) is 0 Å². The zero-order valence-electron chi connectivity index (χ0n) is 5.63. The molecule has 52 valence electrons. The molecule has 0 fully saturated rings. The fraction of sp³-hybridized carbons (Fsp3) is 0.250. The summed E-state index contributed by atoms with van der Waals surface area (Å²) in [6, 6.07) is 0. The van der Waals surface area contributed by atoms with E-state index in [1.165, 1.54) is 0 Å². The Balaban J connectivity index is 2.32. The molecule has 0 unspecified atom stereocenters. The maximum absolute atomic E-state index is 5.36. The Labute approximate surface area is 59.9 Å². The van der Waals surface area contributed by atoms with E-state index in [2.05, 4.69) is 11.4 Å². The lowest BCUT2D eigenvalue weighted by Crippen LogP contribution is -2.16. The maximum Gasteiger partial charge on any atom is 0.142 e. The summed E-state index contributed by atoms with van der Waals surface area (Å²) in [6.07, 6.45) is 8.98. The maximum atomic E-state index is 5.36. The van der Waals surface area contributed by atoms with Gasteiger partial charge in [-0.25, -0.2) is 0 Å². The summed E-state index contributed by atoms with van der Waals surface area (Å²) in [5, 5.41) is 3.11. The van der Waals surface area contributed by atoms with Gasteiger partial charge < -0.3 is 10.1 Å². The van der Waals surface area contributed by atoms with E-state index >= 15 is 0 Å². The molecule has 2 rings (SSSR count). The Kier molecular flexibility index (Phi) is 1.24. The molecule has 0 aromatic carbocycles. The van der Waals surface area contributed by atoms with Crippen LogP contribution in [-0.4, -0.2) is 6.61 Å². The largest absolute Gasteiger partial charge is 0.491 e. The number of fused-ring (bicyclic) bond motifs is 1. The lowest BCUT2D eigenvalue weighted by molar-refractivity contribution is 0.212. The molecule has 0 spiro atoms. The van der Waals surface area contributed by atoms with Crippen molar-refractivity contribution in [1.82, 2.24) is 5.32 Å². The van der Waals surface area contributed by atoms with Gasteiger partial charge in [0, 0.05) is 12.6 Å². The third-order valence-corrected chi connectivity index (χ3v) is 1.57. The number of hydrogen-bond donors (Lipinski definition) is 1. The van der Waals surface area contributed by atoms with Crippen LogP contribution in [0.25, 0.3) is 0 Å². The van der Waals surface area contributed by atoms with Crippen molar-refractivity contribution in [1.29, 1.82) is 0 Å². The molecule has 0 aromatic heterocycles. The molecule has 0 aromatic rings. The summed E-state index contributed by atoms with van der Waals surface area (Å²) in [4.78, 5) is 0. The molecule has 2 heterocycles. The number of hydrogen-bond acceptors (Lipinski definition) is 2. The highest BCUT2D eigenvalue weighted by atomic mass is 16.5. The van der Waals surface area contributed by atoms with Crippen LogP contribution < -0.4 is 5.32 Å². The number of nitrogens with one attached hydrogen (secondary N) is 1. The fourth-order valence-electron chi connectivity index (χ4n) is 1.09. The van der Waals surface area contributed by atoms with Crippen LogP contribution in [0.15, 0.2) is 35.9 Å². The second kappa shape index (κ2) is 2.21. The first-order valence-corrected chi connectivity index (χ1v) is 3.43. The summed E-state index contributed by atoms with van der Waals surface area (Å²) in [7, 11) is 0. The Bertz CT molecular complexity index is 225. The van der Waals surface area contributed by atoms with E-state index in [0.29, 0.717) is 0 Å². The number of allylic oxidation sites excluding steroid dienone is 2. The highest BCUT2D eigenvalue weighted by molar-refractivity contribution is 5.34. The normalized spacial score (nSPS) is 21.6. The molecule has 0 aliphatic carbocycles. The lowest BCUT2D eigenvalue weighted by Gasteiger charge is -2.19. The van der Waals surface area contributed by atoms with E-state index < -0.39 is 0 Å². The van der Waals surface area contributed by atoms with Gasteiger partial charge in [-0.2, -0.15) is 0 Å². The quantitative estimate of drug-likeness (QED) is 0.540. The summed E-state index contributed by atoms with van der Waals surface area (Å²) in [5.41, 5.74) is 1.11. The molecular weight excluding hydrogens is 126 g/mol. The third-order valence-electron chi connectivity index (χ3n) is 1.57. The van der Waals surface area contributed by atoms with Crippen molar-refractivity contribution >= 4 is 0 Å². The van der Waals surface area contributed by atoms with Crippen LogP contribution >= 0.6 is 0 Å². The van der Waals surface area contributed by atoms with Crippen LogP contribution in [-0.2, 0) is 4.74 Å².